The molecule has 0 aromatic heterocycles. The first-order valence-electron chi connectivity index (χ1n) is 3.65. The molecule has 0 radical (unpaired) electrons. The largest absolute Gasteiger partial charge is 0.392 e. The van der Waals surface area contributed by atoms with Crippen LogP contribution in [0.15, 0.2) is 12.2 Å². The monoisotopic (exact) mass is 177 g/mol. The van der Waals surface area contributed by atoms with Crippen molar-refractivity contribution in [3.63, 3.8) is 0 Å². The van der Waals surface area contributed by atoms with Crippen molar-refractivity contribution in [1.29, 1.82) is 0 Å². The van der Waals surface area contributed by atoms with Gasteiger partial charge >= 0.3 is 0 Å². The summed E-state index contributed by atoms with van der Waals surface area (Å²) >= 11 is 5.54. The second kappa shape index (κ2) is 5.58. The third-order valence-corrected chi connectivity index (χ3v) is 1.64. The summed E-state index contributed by atoms with van der Waals surface area (Å²) in [4.78, 5) is 2.00. The summed E-state index contributed by atoms with van der Waals surface area (Å²) in [6.07, 6.45) is -0.289. The molecule has 1 N–H and O–H groups in total. The van der Waals surface area contributed by atoms with Crippen LogP contribution in [0.4, 0.5) is 0 Å². The van der Waals surface area contributed by atoms with E-state index in [-0.39, 0.29) is 6.10 Å². The van der Waals surface area contributed by atoms with Gasteiger partial charge in [-0.2, -0.15) is 0 Å². The normalized spacial score (nSPS) is 13.5. The Morgan fingerprint density at radius 2 is 2.27 bits per heavy atom. The predicted octanol–water partition coefficient (Wildman–Crippen LogP) is 1.09. The molecule has 3 heteroatoms. The van der Waals surface area contributed by atoms with Gasteiger partial charge in [-0.15, -0.1) is 11.6 Å². The van der Waals surface area contributed by atoms with Gasteiger partial charge in [-0.25, -0.2) is 0 Å². The topological polar surface area (TPSA) is 23.5 Å². The highest BCUT2D eigenvalue weighted by atomic mass is 35.5. The van der Waals surface area contributed by atoms with Gasteiger partial charge in [-0.05, 0) is 19.5 Å². The first-order chi connectivity index (χ1) is 5.06. The highest BCUT2D eigenvalue weighted by Crippen LogP contribution is 1.97. The van der Waals surface area contributed by atoms with E-state index in [9.17, 15) is 0 Å². The van der Waals surface area contributed by atoms with Crippen LogP contribution in [0, 0.1) is 0 Å². The number of hydrogen-bond donors (Lipinski definition) is 1. The van der Waals surface area contributed by atoms with Crippen LogP contribution in [0.3, 0.4) is 0 Å². The lowest BCUT2D eigenvalue weighted by Crippen LogP contribution is -2.29. The number of nitrogens with zero attached hydrogens (tertiary/aromatic N) is 1. The number of aliphatic hydroxyl groups excluding tert-OH is 1. The molecule has 0 amide bonds. The van der Waals surface area contributed by atoms with Crippen LogP contribution in [0.25, 0.3) is 0 Å². The van der Waals surface area contributed by atoms with E-state index in [1.165, 1.54) is 0 Å². The molecule has 0 spiro atoms. The Labute approximate surface area is 73.5 Å². The fourth-order valence-corrected chi connectivity index (χ4v) is 1.02. The molecule has 0 aliphatic rings. The minimum atomic E-state index is -0.289. The summed E-state index contributed by atoms with van der Waals surface area (Å²) in [5, 5.41) is 9.00. The number of rotatable bonds is 5. The van der Waals surface area contributed by atoms with Crippen molar-refractivity contribution in [2.24, 2.45) is 0 Å². The Kier molecular flexibility index (Phi) is 5.56. The molecule has 2 nitrogen and oxygen atoms in total. The van der Waals surface area contributed by atoms with Crippen molar-refractivity contribution in [2.75, 3.05) is 26.0 Å². The van der Waals surface area contributed by atoms with Crippen LogP contribution in [-0.4, -0.2) is 42.1 Å². The molecule has 0 saturated carbocycles. The van der Waals surface area contributed by atoms with Crippen LogP contribution in [0.1, 0.15) is 6.92 Å². The van der Waals surface area contributed by atoms with Crippen molar-refractivity contribution in [3.05, 3.63) is 12.2 Å². The molecule has 1 atom stereocenters. The number of halogens is 1. The van der Waals surface area contributed by atoms with Gasteiger partial charge in [0.1, 0.15) is 0 Å². The number of likely N-dealkylation sites (N-methyl/N-ethyl adjacent to an activating group) is 1. The number of hydrogen-bond acceptors (Lipinski definition) is 2. The maximum Gasteiger partial charge on any atom is 0.0639 e. The highest BCUT2D eigenvalue weighted by molar-refractivity contribution is 6.19. The standard InChI is InChI=1S/C8H16ClNO/c1-7(4-9)5-10(3)6-8(2)11/h8,11H,1,4-6H2,2-3H3. The first-order valence-corrected chi connectivity index (χ1v) is 4.19. The van der Waals surface area contributed by atoms with E-state index in [1.54, 1.807) is 6.92 Å². The van der Waals surface area contributed by atoms with Crippen LogP contribution in [-0.2, 0) is 0 Å². The Morgan fingerprint density at radius 3 is 2.64 bits per heavy atom. The molecule has 0 saturated heterocycles. The van der Waals surface area contributed by atoms with Crippen molar-refractivity contribution in [2.45, 2.75) is 13.0 Å². The van der Waals surface area contributed by atoms with Crippen LogP contribution >= 0.6 is 11.6 Å². The zero-order valence-corrected chi connectivity index (χ0v) is 7.93. The number of alkyl halides is 1. The third-order valence-electron chi connectivity index (χ3n) is 1.26. The fourth-order valence-electron chi connectivity index (χ4n) is 0.940. The second-order valence-corrected chi connectivity index (χ2v) is 3.20. The van der Waals surface area contributed by atoms with Gasteiger partial charge in [0.05, 0.1) is 6.10 Å². The molecule has 0 aromatic carbocycles. The van der Waals surface area contributed by atoms with E-state index in [2.05, 4.69) is 6.58 Å². The van der Waals surface area contributed by atoms with Gasteiger partial charge in [0.25, 0.3) is 0 Å². The molecular weight excluding hydrogens is 162 g/mol. The summed E-state index contributed by atoms with van der Waals surface area (Å²) < 4.78 is 0. The van der Waals surface area contributed by atoms with E-state index in [4.69, 9.17) is 16.7 Å². The minimum Gasteiger partial charge on any atom is -0.392 e. The van der Waals surface area contributed by atoms with Gasteiger partial charge in [0, 0.05) is 19.0 Å². The molecule has 11 heavy (non-hydrogen) atoms. The summed E-state index contributed by atoms with van der Waals surface area (Å²) in [6.45, 7) is 6.95. The van der Waals surface area contributed by atoms with Gasteiger partial charge in [-0.3, -0.25) is 4.90 Å². The Balaban J connectivity index is 3.51. The molecule has 0 rings (SSSR count). The van der Waals surface area contributed by atoms with Crippen molar-refractivity contribution in [1.82, 2.24) is 4.90 Å². The highest BCUT2D eigenvalue weighted by Gasteiger charge is 2.03. The quantitative estimate of drug-likeness (QED) is 0.502. The first kappa shape index (κ1) is 11.0. The summed E-state index contributed by atoms with van der Waals surface area (Å²) in [6, 6.07) is 0. The molecule has 66 valence electrons. The van der Waals surface area contributed by atoms with Gasteiger partial charge < -0.3 is 5.11 Å². The third kappa shape index (κ3) is 6.35. The van der Waals surface area contributed by atoms with E-state index in [0.717, 1.165) is 12.1 Å². The summed E-state index contributed by atoms with van der Waals surface area (Å²) in [5.41, 5.74) is 0.981. The van der Waals surface area contributed by atoms with Crippen LogP contribution in [0.2, 0.25) is 0 Å². The maximum absolute atomic E-state index is 9.00. The van der Waals surface area contributed by atoms with E-state index in [0.29, 0.717) is 12.4 Å². The molecular formula is C8H16ClNO. The van der Waals surface area contributed by atoms with Crippen molar-refractivity contribution < 1.29 is 5.11 Å². The second-order valence-electron chi connectivity index (χ2n) is 2.93. The van der Waals surface area contributed by atoms with Gasteiger partial charge in [0.2, 0.25) is 0 Å². The zero-order valence-electron chi connectivity index (χ0n) is 7.18. The lowest BCUT2D eigenvalue weighted by molar-refractivity contribution is 0.146. The molecule has 0 heterocycles. The summed E-state index contributed by atoms with van der Waals surface area (Å²) in [5.74, 6) is 0.490. The molecule has 0 bridgehead atoms. The average Bonchev–Trinajstić information content (AvgIpc) is 1.85. The van der Waals surface area contributed by atoms with Crippen LogP contribution in [0.5, 0.6) is 0 Å². The average molecular weight is 178 g/mol. The molecule has 0 fully saturated rings. The Hall–Kier alpha value is -0.0500. The van der Waals surface area contributed by atoms with Crippen LogP contribution < -0.4 is 0 Å². The van der Waals surface area contributed by atoms with E-state index < -0.39 is 0 Å². The molecule has 1 unspecified atom stereocenters. The van der Waals surface area contributed by atoms with Gasteiger partial charge in [0.15, 0.2) is 0 Å². The molecule has 0 aliphatic carbocycles. The van der Waals surface area contributed by atoms with Crippen molar-refractivity contribution in [3.8, 4) is 0 Å². The minimum absolute atomic E-state index is 0.289. The maximum atomic E-state index is 9.00. The van der Waals surface area contributed by atoms with E-state index in [1.807, 2.05) is 11.9 Å². The van der Waals surface area contributed by atoms with Crippen molar-refractivity contribution >= 4 is 11.6 Å². The molecule has 0 aliphatic heterocycles. The zero-order chi connectivity index (χ0) is 8.85. The smallest absolute Gasteiger partial charge is 0.0639 e. The lowest BCUT2D eigenvalue weighted by atomic mass is 10.3. The fraction of sp³-hybridized carbons (Fsp3) is 0.750. The Bertz CT molecular complexity index is 125. The Morgan fingerprint density at radius 1 is 1.73 bits per heavy atom. The van der Waals surface area contributed by atoms with E-state index >= 15 is 0 Å². The molecule has 0 aromatic rings. The SMILES string of the molecule is C=C(CCl)CN(C)CC(C)O. The van der Waals surface area contributed by atoms with Gasteiger partial charge in [-0.1, -0.05) is 6.58 Å². The summed E-state index contributed by atoms with van der Waals surface area (Å²) in [7, 11) is 1.93. The number of aliphatic hydroxyl groups is 1. The lowest BCUT2D eigenvalue weighted by Gasteiger charge is -2.18. The predicted molar refractivity (Wildman–Crippen MR) is 49.0 cm³/mol.